The Balaban J connectivity index is 0.00000113. The van der Waals surface area contributed by atoms with Crippen LogP contribution in [0.1, 0.15) is 58.4 Å². The number of rotatable bonds is 3. The highest BCUT2D eigenvalue weighted by Gasteiger charge is 2.26. The normalized spacial score (nSPS) is 19.5. The minimum atomic E-state index is 0. The number of benzene rings is 1. The predicted octanol–water partition coefficient (Wildman–Crippen LogP) is 4.59. The van der Waals surface area contributed by atoms with Crippen molar-refractivity contribution in [3.63, 3.8) is 0 Å². The molecule has 0 spiro atoms. The summed E-state index contributed by atoms with van der Waals surface area (Å²) in [5.74, 6) is 0.981. The summed E-state index contributed by atoms with van der Waals surface area (Å²) in [4.78, 5) is 19.9. The van der Waals surface area contributed by atoms with Gasteiger partial charge in [0.25, 0.3) is 0 Å². The number of nitrogens with one attached hydrogen (secondary N) is 1. The molecule has 0 aliphatic carbocycles. The van der Waals surface area contributed by atoms with Crippen molar-refractivity contribution in [3.8, 4) is 0 Å². The van der Waals surface area contributed by atoms with E-state index in [9.17, 15) is 4.79 Å². The van der Waals surface area contributed by atoms with Gasteiger partial charge in [-0.05, 0) is 43.2 Å². The lowest BCUT2D eigenvalue weighted by molar-refractivity contribution is -0.135. The minimum Gasteiger partial charge on any atom is -0.361 e. The van der Waals surface area contributed by atoms with Gasteiger partial charge in [-0.25, -0.2) is 0 Å². The molecule has 2 saturated heterocycles. The number of H-pyrrole nitrogens is 1. The molecule has 25 heavy (non-hydrogen) atoms. The summed E-state index contributed by atoms with van der Waals surface area (Å²) in [7, 11) is 0. The molecule has 4 rings (SSSR count). The number of aromatic nitrogens is 1. The number of carbonyl (C=O) groups excluding carboxylic acids is 1. The van der Waals surface area contributed by atoms with E-state index >= 15 is 0 Å². The van der Waals surface area contributed by atoms with Crippen molar-refractivity contribution in [3.05, 3.63) is 36.0 Å². The Morgan fingerprint density at radius 2 is 1.80 bits per heavy atom. The van der Waals surface area contributed by atoms with Crippen LogP contribution in [-0.2, 0) is 4.79 Å². The maximum atomic E-state index is 12.0. The third-order valence-electron chi connectivity index (χ3n) is 5.44. The summed E-state index contributed by atoms with van der Waals surface area (Å²) >= 11 is 0. The van der Waals surface area contributed by atoms with Gasteiger partial charge in [0.2, 0.25) is 5.91 Å². The Morgan fingerprint density at radius 1 is 1.04 bits per heavy atom. The maximum absolute atomic E-state index is 12.0. The van der Waals surface area contributed by atoms with E-state index in [0.717, 1.165) is 45.6 Å². The van der Waals surface area contributed by atoms with Crippen LogP contribution in [0.15, 0.2) is 30.5 Å². The summed E-state index contributed by atoms with van der Waals surface area (Å²) in [5.41, 5.74) is 2.71. The number of amides is 1. The average Bonchev–Trinajstić information content (AvgIpc) is 3.02. The lowest BCUT2D eigenvalue weighted by Crippen LogP contribution is -2.46. The van der Waals surface area contributed by atoms with Gasteiger partial charge < -0.3 is 9.88 Å². The fraction of sp³-hybridized carbons (Fsp3) is 0.571. The number of hydrogen-bond donors (Lipinski definition) is 1. The van der Waals surface area contributed by atoms with Crippen LogP contribution in [0.5, 0.6) is 0 Å². The molecule has 2 aliphatic heterocycles. The molecule has 1 aromatic carbocycles. The quantitative estimate of drug-likeness (QED) is 0.885. The summed E-state index contributed by atoms with van der Waals surface area (Å²) in [6, 6.07) is 8.58. The Bertz CT molecular complexity index is 685. The van der Waals surface area contributed by atoms with E-state index in [4.69, 9.17) is 0 Å². The second-order valence-electron chi connectivity index (χ2n) is 6.94. The number of hydrogen-bond acceptors (Lipinski definition) is 2. The second-order valence-corrected chi connectivity index (χ2v) is 6.94. The standard InChI is InChI=1S/C19H25N3O.2CH4/c23-19-7-3-4-10-22(19)14-21-11-8-15(9-12-21)17-13-20-18-6-2-1-5-16(17)18;;/h1-2,5-6,13,15,20H,3-4,7-12,14H2;2*1H4. The Kier molecular flexibility index (Phi) is 6.65. The number of carbonyl (C=O) groups is 1. The molecule has 2 fully saturated rings. The zero-order valence-electron chi connectivity index (χ0n) is 13.6. The van der Waals surface area contributed by atoms with E-state index in [1.165, 1.54) is 29.3 Å². The number of piperidine rings is 2. The molecular weight excluding hydrogens is 310 g/mol. The van der Waals surface area contributed by atoms with Crippen LogP contribution in [0.2, 0.25) is 0 Å². The second kappa shape index (κ2) is 8.52. The summed E-state index contributed by atoms with van der Waals surface area (Å²) < 4.78 is 0. The first-order valence-corrected chi connectivity index (χ1v) is 8.87. The van der Waals surface area contributed by atoms with Crippen LogP contribution < -0.4 is 0 Å². The fourth-order valence-corrected chi connectivity index (χ4v) is 4.07. The van der Waals surface area contributed by atoms with Crippen molar-refractivity contribution in [2.75, 3.05) is 26.3 Å². The summed E-state index contributed by atoms with van der Waals surface area (Å²) in [6.07, 6.45) is 7.54. The minimum absolute atomic E-state index is 0. The topological polar surface area (TPSA) is 39.3 Å². The smallest absolute Gasteiger partial charge is 0.223 e. The monoisotopic (exact) mass is 343 g/mol. The molecule has 0 radical (unpaired) electrons. The predicted molar refractivity (Wildman–Crippen MR) is 106 cm³/mol. The van der Waals surface area contributed by atoms with Gasteiger partial charge in [-0.2, -0.15) is 0 Å². The Hall–Kier alpha value is -1.81. The molecule has 2 aliphatic rings. The van der Waals surface area contributed by atoms with E-state index in [1.807, 2.05) is 0 Å². The number of fused-ring (bicyclic) bond motifs is 1. The first kappa shape index (κ1) is 19.5. The molecule has 4 heteroatoms. The zero-order valence-corrected chi connectivity index (χ0v) is 13.6. The fourth-order valence-electron chi connectivity index (χ4n) is 4.07. The van der Waals surface area contributed by atoms with E-state index in [-0.39, 0.29) is 14.9 Å². The van der Waals surface area contributed by atoms with Crippen molar-refractivity contribution >= 4 is 16.8 Å². The van der Waals surface area contributed by atoms with Crippen LogP contribution in [0.3, 0.4) is 0 Å². The Labute approximate surface area is 152 Å². The summed E-state index contributed by atoms with van der Waals surface area (Å²) in [5, 5.41) is 1.37. The van der Waals surface area contributed by atoms with E-state index in [0.29, 0.717) is 11.8 Å². The van der Waals surface area contributed by atoms with Crippen molar-refractivity contribution in [2.45, 2.75) is 52.9 Å². The molecule has 1 N–H and O–H groups in total. The number of likely N-dealkylation sites (tertiary alicyclic amines) is 2. The zero-order chi connectivity index (χ0) is 15.6. The number of aromatic amines is 1. The summed E-state index contributed by atoms with van der Waals surface area (Å²) in [6.45, 7) is 3.96. The van der Waals surface area contributed by atoms with Crippen LogP contribution in [0, 0.1) is 0 Å². The number of para-hydroxylation sites is 1. The highest BCUT2D eigenvalue weighted by molar-refractivity contribution is 5.83. The van der Waals surface area contributed by atoms with E-state index in [2.05, 4.69) is 45.2 Å². The van der Waals surface area contributed by atoms with Crippen molar-refractivity contribution < 1.29 is 4.79 Å². The van der Waals surface area contributed by atoms with Gasteiger partial charge in [0.05, 0.1) is 6.67 Å². The molecule has 1 amide bonds. The lowest BCUT2D eigenvalue weighted by Gasteiger charge is -2.37. The molecule has 0 atom stereocenters. The van der Waals surface area contributed by atoms with Crippen molar-refractivity contribution in [1.82, 2.24) is 14.8 Å². The number of nitrogens with zero attached hydrogens (tertiary/aromatic N) is 2. The van der Waals surface area contributed by atoms with Gasteiger partial charge in [0.1, 0.15) is 0 Å². The van der Waals surface area contributed by atoms with Gasteiger partial charge in [-0.3, -0.25) is 9.69 Å². The van der Waals surface area contributed by atoms with Gasteiger partial charge in [0, 0.05) is 43.2 Å². The first-order chi connectivity index (χ1) is 11.3. The van der Waals surface area contributed by atoms with Gasteiger partial charge in [-0.1, -0.05) is 33.1 Å². The maximum Gasteiger partial charge on any atom is 0.223 e. The lowest BCUT2D eigenvalue weighted by atomic mass is 9.89. The van der Waals surface area contributed by atoms with Crippen LogP contribution in [0.4, 0.5) is 0 Å². The molecule has 138 valence electrons. The molecule has 3 heterocycles. The van der Waals surface area contributed by atoms with Crippen LogP contribution in [0.25, 0.3) is 10.9 Å². The van der Waals surface area contributed by atoms with E-state index < -0.39 is 0 Å². The largest absolute Gasteiger partial charge is 0.361 e. The molecule has 1 aromatic heterocycles. The van der Waals surface area contributed by atoms with Crippen molar-refractivity contribution in [2.24, 2.45) is 0 Å². The third-order valence-corrected chi connectivity index (χ3v) is 5.44. The SMILES string of the molecule is C.C.O=C1CCCCN1CN1CCC(c2c[nH]c3ccccc23)CC1. The van der Waals surface area contributed by atoms with Crippen LogP contribution in [-0.4, -0.2) is 47.0 Å². The van der Waals surface area contributed by atoms with Gasteiger partial charge >= 0.3 is 0 Å². The molecule has 4 nitrogen and oxygen atoms in total. The van der Waals surface area contributed by atoms with Gasteiger partial charge in [-0.15, -0.1) is 0 Å². The molecular formula is C21H33N3O. The van der Waals surface area contributed by atoms with Crippen LogP contribution >= 0.6 is 0 Å². The van der Waals surface area contributed by atoms with Gasteiger partial charge in [0.15, 0.2) is 0 Å². The molecule has 0 saturated carbocycles. The third kappa shape index (κ3) is 4.06. The highest BCUT2D eigenvalue weighted by Crippen LogP contribution is 2.33. The molecule has 2 aromatic rings. The molecule has 0 unspecified atom stereocenters. The average molecular weight is 344 g/mol. The first-order valence-electron chi connectivity index (χ1n) is 8.87. The molecule has 0 bridgehead atoms. The van der Waals surface area contributed by atoms with E-state index in [1.54, 1.807) is 0 Å². The highest BCUT2D eigenvalue weighted by atomic mass is 16.2. The Morgan fingerprint density at radius 3 is 2.56 bits per heavy atom. The van der Waals surface area contributed by atoms with Crippen molar-refractivity contribution in [1.29, 1.82) is 0 Å².